The number of ether oxygens (including phenoxy) is 2. The van der Waals surface area contributed by atoms with E-state index in [1.54, 1.807) is 20.8 Å². The number of hydrogen-bond donors (Lipinski definition) is 1. The zero-order valence-electron chi connectivity index (χ0n) is 16.8. The fourth-order valence-corrected chi connectivity index (χ4v) is 3.17. The maximum Gasteiger partial charge on any atom is 0.411 e. The van der Waals surface area contributed by atoms with Crippen molar-refractivity contribution in [3.8, 4) is 5.75 Å². The molecule has 0 bridgehead atoms. The SMILES string of the molecule is CCN(CC)c1cccc(O[C@@H]2C[C@@H](C(=O)O)N(C(=O)OC(C)(C)C)C2)c1. The van der Waals surface area contributed by atoms with Crippen molar-refractivity contribution in [2.45, 2.75) is 58.8 Å². The monoisotopic (exact) mass is 378 g/mol. The van der Waals surface area contributed by atoms with Crippen LogP contribution in [0.25, 0.3) is 0 Å². The molecule has 1 aliphatic rings. The molecule has 2 atom stereocenters. The molecule has 150 valence electrons. The van der Waals surface area contributed by atoms with Gasteiger partial charge in [0.2, 0.25) is 0 Å². The summed E-state index contributed by atoms with van der Waals surface area (Å²) in [6, 6.07) is 6.77. The third-order valence-electron chi connectivity index (χ3n) is 4.42. The van der Waals surface area contributed by atoms with Crippen LogP contribution in [0.4, 0.5) is 10.5 Å². The van der Waals surface area contributed by atoms with Gasteiger partial charge in [0.15, 0.2) is 0 Å². The van der Waals surface area contributed by atoms with E-state index in [1.807, 2.05) is 24.3 Å². The minimum Gasteiger partial charge on any atom is -0.488 e. The molecule has 0 unspecified atom stereocenters. The van der Waals surface area contributed by atoms with Crippen molar-refractivity contribution in [1.29, 1.82) is 0 Å². The predicted octanol–water partition coefficient (Wildman–Crippen LogP) is 3.37. The summed E-state index contributed by atoms with van der Waals surface area (Å²) in [7, 11) is 0. The third kappa shape index (κ3) is 5.52. The van der Waals surface area contributed by atoms with Crippen molar-refractivity contribution < 1.29 is 24.2 Å². The number of likely N-dealkylation sites (tertiary alicyclic amines) is 1. The number of rotatable bonds is 6. The van der Waals surface area contributed by atoms with Gasteiger partial charge in [0.1, 0.15) is 23.5 Å². The molecule has 1 N–H and O–H groups in total. The molecule has 0 aromatic heterocycles. The van der Waals surface area contributed by atoms with Crippen molar-refractivity contribution >= 4 is 17.7 Å². The summed E-state index contributed by atoms with van der Waals surface area (Å²) in [5, 5.41) is 9.48. The molecule has 1 aromatic rings. The first-order valence-electron chi connectivity index (χ1n) is 9.38. The fourth-order valence-electron chi connectivity index (χ4n) is 3.17. The fraction of sp³-hybridized carbons (Fsp3) is 0.600. The van der Waals surface area contributed by atoms with Crippen molar-refractivity contribution in [2.24, 2.45) is 0 Å². The molecule has 0 saturated carbocycles. The zero-order chi connectivity index (χ0) is 20.2. The Labute approximate surface area is 160 Å². The van der Waals surface area contributed by atoms with Crippen LogP contribution >= 0.6 is 0 Å². The number of amides is 1. The molecule has 7 heteroatoms. The first kappa shape index (κ1) is 20.9. The largest absolute Gasteiger partial charge is 0.488 e. The number of benzene rings is 1. The van der Waals surface area contributed by atoms with Gasteiger partial charge in [-0.15, -0.1) is 0 Å². The maximum atomic E-state index is 12.4. The van der Waals surface area contributed by atoms with Gasteiger partial charge in [0, 0.05) is 31.3 Å². The van der Waals surface area contributed by atoms with E-state index >= 15 is 0 Å². The normalized spacial score (nSPS) is 19.7. The van der Waals surface area contributed by atoms with Gasteiger partial charge in [0.05, 0.1) is 6.54 Å². The number of carboxylic acids is 1. The van der Waals surface area contributed by atoms with E-state index in [-0.39, 0.29) is 13.0 Å². The summed E-state index contributed by atoms with van der Waals surface area (Å²) in [5.41, 5.74) is 0.367. The van der Waals surface area contributed by atoms with Crippen LogP contribution in [-0.2, 0) is 9.53 Å². The van der Waals surface area contributed by atoms with E-state index in [0.29, 0.717) is 5.75 Å². The number of carboxylic acid groups (broad SMARTS) is 1. The Kier molecular flexibility index (Phi) is 6.57. The van der Waals surface area contributed by atoms with E-state index < -0.39 is 29.8 Å². The first-order chi connectivity index (χ1) is 12.6. The number of aliphatic carboxylic acids is 1. The van der Waals surface area contributed by atoms with Gasteiger partial charge in [-0.05, 0) is 46.8 Å². The van der Waals surface area contributed by atoms with E-state index in [2.05, 4.69) is 18.7 Å². The van der Waals surface area contributed by atoms with Crippen molar-refractivity contribution in [1.82, 2.24) is 4.90 Å². The van der Waals surface area contributed by atoms with Crippen LogP contribution in [0.15, 0.2) is 24.3 Å². The second kappa shape index (κ2) is 8.50. The highest BCUT2D eigenvalue weighted by atomic mass is 16.6. The summed E-state index contributed by atoms with van der Waals surface area (Å²) in [5.74, 6) is -0.386. The number of hydrogen-bond acceptors (Lipinski definition) is 5. The Balaban J connectivity index is 2.11. The lowest BCUT2D eigenvalue weighted by Gasteiger charge is -2.26. The number of carbonyl (C=O) groups excluding carboxylic acids is 1. The average molecular weight is 378 g/mol. The molecule has 0 spiro atoms. The quantitative estimate of drug-likeness (QED) is 0.818. The van der Waals surface area contributed by atoms with Crippen LogP contribution in [0.1, 0.15) is 41.0 Å². The lowest BCUT2D eigenvalue weighted by Crippen LogP contribution is -2.43. The Morgan fingerprint density at radius 2 is 1.93 bits per heavy atom. The summed E-state index contributed by atoms with van der Waals surface area (Å²) < 4.78 is 11.3. The minimum atomic E-state index is -1.05. The van der Waals surface area contributed by atoms with Crippen molar-refractivity contribution in [3.05, 3.63) is 24.3 Å². The number of anilines is 1. The molecule has 7 nitrogen and oxygen atoms in total. The first-order valence-corrected chi connectivity index (χ1v) is 9.38. The molecule has 1 fully saturated rings. The second-order valence-corrected chi connectivity index (χ2v) is 7.63. The Bertz CT molecular complexity index is 667. The van der Waals surface area contributed by atoms with Gasteiger partial charge in [-0.25, -0.2) is 9.59 Å². The highest BCUT2D eigenvalue weighted by molar-refractivity contribution is 5.81. The maximum absolute atomic E-state index is 12.4. The van der Waals surface area contributed by atoms with E-state index in [0.717, 1.165) is 18.8 Å². The van der Waals surface area contributed by atoms with Crippen molar-refractivity contribution in [2.75, 3.05) is 24.5 Å². The third-order valence-corrected chi connectivity index (χ3v) is 4.42. The van der Waals surface area contributed by atoms with Gasteiger partial charge < -0.3 is 19.5 Å². The molecule has 27 heavy (non-hydrogen) atoms. The Hall–Kier alpha value is -2.44. The standard InChI is InChI=1S/C20H30N2O5/c1-6-21(7-2)14-9-8-10-15(11-14)26-16-12-17(18(23)24)22(13-16)19(25)27-20(3,4)5/h8-11,16-17H,6-7,12-13H2,1-5H3,(H,23,24)/t16-,17+/m1/s1. The van der Waals surface area contributed by atoms with Gasteiger partial charge in [-0.3, -0.25) is 4.90 Å². The second-order valence-electron chi connectivity index (χ2n) is 7.63. The average Bonchev–Trinajstić information content (AvgIpc) is 2.99. The minimum absolute atomic E-state index is 0.182. The lowest BCUT2D eigenvalue weighted by molar-refractivity contribution is -0.142. The van der Waals surface area contributed by atoms with Gasteiger partial charge in [-0.2, -0.15) is 0 Å². The molecule has 1 aliphatic heterocycles. The van der Waals surface area contributed by atoms with E-state index in [4.69, 9.17) is 9.47 Å². The number of nitrogens with zero attached hydrogens (tertiary/aromatic N) is 2. The van der Waals surface area contributed by atoms with Crippen LogP contribution in [-0.4, -0.2) is 59.5 Å². The van der Waals surface area contributed by atoms with Crippen LogP contribution in [0.3, 0.4) is 0 Å². The summed E-state index contributed by atoms with van der Waals surface area (Å²) in [6.07, 6.45) is -0.798. The number of carbonyl (C=O) groups is 2. The van der Waals surface area contributed by atoms with Crippen LogP contribution in [0, 0.1) is 0 Å². The smallest absolute Gasteiger partial charge is 0.411 e. The van der Waals surface area contributed by atoms with Crippen LogP contribution in [0.2, 0.25) is 0 Å². The van der Waals surface area contributed by atoms with Crippen LogP contribution in [0.5, 0.6) is 5.75 Å². The molecule has 0 radical (unpaired) electrons. The predicted molar refractivity (Wildman–Crippen MR) is 103 cm³/mol. The highest BCUT2D eigenvalue weighted by Crippen LogP contribution is 2.27. The highest BCUT2D eigenvalue weighted by Gasteiger charge is 2.42. The zero-order valence-corrected chi connectivity index (χ0v) is 16.8. The molecular formula is C20H30N2O5. The molecule has 2 rings (SSSR count). The summed E-state index contributed by atoms with van der Waals surface area (Å²) in [6.45, 7) is 11.4. The summed E-state index contributed by atoms with van der Waals surface area (Å²) in [4.78, 5) is 27.4. The van der Waals surface area contributed by atoms with E-state index in [9.17, 15) is 14.7 Å². The molecular weight excluding hydrogens is 348 g/mol. The topological polar surface area (TPSA) is 79.3 Å². The van der Waals surface area contributed by atoms with Gasteiger partial charge in [0.25, 0.3) is 0 Å². The van der Waals surface area contributed by atoms with Crippen LogP contribution < -0.4 is 9.64 Å². The van der Waals surface area contributed by atoms with Gasteiger partial charge in [-0.1, -0.05) is 6.07 Å². The van der Waals surface area contributed by atoms with E-state index in [1.165, 1.54) is 4.90 Å². The Morgan fingerprint density at radius 3 is 2.48 bits per heavy atom. The lowest BCUT2D eigenvalue weighted by atomic mass is 10.2. The van der Waals surface area contributed by atoms with Gasteiger partial charge >= 0.3 is 12.1 Å². The molecule has 1 saturated heterocycles. The Morgan fingerprint density at radius 1 is 1.26 bits per heavy atom. The molecule has 1 amide bonds. The molecule has 1 heterocycles. The molecule has 1 aromatic carbocycles. The van der Waals surface area contributed by atoms with Crippen molar-refractivity contribution in [3.63, 3.8) is 0 Å². The summed E-state index contributed by atoms with van der Waals surface area (Å²) >= 11 is 0. The molecule has 0 aliphatic carbocycles.